The van der Waals surface area contributed by atoms with Crippen molar-refractivity contribution in [3.8, 4) is 73.4 Å². The molecule has 3 aromatic heterocycles. The predicted molar refractivity (Wildman–Crippen MR) is 260 cm³/mol. The van der Waals surface area contributed by atoms with Crippen LogP contribution in [-0.4, -0.2) is 24.5 Å². The summed E-state index contributed by atoms with van der Waals surface area (Å²) in [5.74, 6) is 1.79. The molecule has 0 saturated carbocycles. The van der Waals surface area contributed by atoms with Crippen LogP contribution in [0.2, 0.25) is 0 Å². The first-order valence-electron chi connectivity index (χ1n) is 21.2. The Morgan fingerprint density at radius 3 is 1.40 bits per heavy atom. The van der Waals surface area contributed by atoms with Gasteiger partial charge in [-0.2, -0.15) is 0 Å². The van der Waals surface area contributed by atoms with E-state index in [0.29, 0.717) is 17.5 Å². The standard InChI is InChI=1S/C58H37N5/c1-6-18-38(19-7-1)43-34-44(39-20-8-2-9-21-39)36-45(35-43)58-61-56(41-24-12-4-13-25-41)60-57(62-58)42-30-31-47-48-32-33-52-53(54(48)55(59-50(47)37-42)40-22-10-3-11-23-40)49-28-16-17-29-51(49)63(52)46-26-14-5-15-27-46/h1-37H. The van der Waals surface area contributed by atoms with Crippen molar-refractivity contribution < 1.29 is 0 Å². The van der Waals surface area contributed by atoms with Gasteiger partial charge in [-0.3, -0.25) is 0 Å². The van der Waals surface area contributed by atoms with Crippen LogP contribution >= 0.6 is 0 Å². The molecule has 0 amide bonds. The molecule has 5 heteroatoms. The highest BCUT2D eigenvalue weighted by Gasteiger charge is 2.21. The van der Waals surface area contributed by atoms with Gasteiger partial charge in [0, 0.05) is 49.5 Å². The van der Waals surface area contributed by atoms with Crippen LogP contribution in [0.5, 0.6) is 0 Å². The van der Waals surface area contributed by atoms with Crippen molar-refractivity contribution in [2.45, 2.75) is 0 Å². The molecule has 5 nitrogen and oxygen atoms in total. The summed E-state index contributed by atoms with van der Waals surface area (Å²) in [6, 6.07) is 78.6. The Labute approximate surface area is 364 Å². The number of rotatable bonds is 7. The van der Waals surface area contributed by atoms with Crippen LogP contribution in [0.4, 0.5) is 0 Å². The summed E-state index contributed by atoms with van der Waals surface area (Å²) < 4.78 is 2.37. The van der Waals surface area contributed by atoms with E-state index in [1.807, 2.05) is 30.3 Å². The third kappa shape index (κ3) is 6.42. The van der Waals surface area contributed by atoms with E-state index in [0.717, 1.165) is 88.6 Å². The van der Waals surface area contributed by atoms with Gasteiger partial charge in [0.05, 0.1) is 22.2 Å². The molecule has 3 heterocycles. The molecule has 0 radical (unpaired) electrons. The quantitative estimate of drug-likeness (QED) is 0.151. The Kier molecular flexibility index (Phi) is 8.75. The molecule has 0 aliphatic heterocycles. The van der Waals surface area contributed by atoms with Gasteiger partial charge in [0.15, 0.2) is 17.5 Å². The Hall–Kier alpha value is -8.54. The third-order valence-corrected chi connectivity index (χ3v) is 12.0. The van der Waals surface area contributed by atoms with E-state index in [-0.39, 0.29) is 0 Å². The fourth-order valence-electron chi connectivity index (χ4n) is 9.06. The lowest BCUT2D eigenvalue weighted by Crippen LogP contribution is -2.01. The molecule has 9 aromatic carbocycles. The minimum absolute atomic E-state index is 0.580. The highest BCUT2D eigenvalue weighted by Crippen LogP contribution is 2.43. The van der Waals surface area contributed by atoms with Gasteiger partial charge in [-0.1, -0.05) is 176 Å². The third-order valence-electron chi connectivity index (χ3n) is 12.0. The number of aromatic nitrogens is 5. The van der Waals surface area contributed by atoms with Crippen LogP contribution in [0.25, 0.3) is 117 Å². The maximum absolute atomic E-state index is 5.57. The number of hydrogen-bond donors (Lipinski definition) is 0. The lowest BCUT2D eigenvalue weighted by Gasteiger charge is -2.14. The molecule has 0 N–H and O–H groups in total. The number of pyridine rings is 1. The first-order chi connectivity index (χ1) is 31.2. The van der Waals surface area contributed by atoms with E-state index in [4.69, 9.17) is 19.9 Å². The Bertz CT molecular complexity index is 3590. The molecule has 0 bridgehead atoms. The van der Waals surface area contributed by atoms with Crippen LogP contribution < -0.4 is 0 Å². The number of para-hydroxylation sites is 2. The first kappa shape index (κ1) is 36.3. The van der Waals surface area contributed by atoms with Gasteiger partial charge < -0.3 is 4.57 Å². The second kappa shape index (κ2) is 15.2. The predicted octanol–water partition coefficient (Wildman–Crippen LogP) is 14.7. The molecule has 12 rings (SSSR count). The summed E-state index contributed by atoms with van der Waals surface area (Å²) in [5, 5.41) is 5.71. The van der Waals surface area contributed by atoms with E-state index in [2.05, 4.69) is 199 Å². The topological polar surface area (TPSA) is 56.5 Å². The van der Waals surface area contributed by atoms with E-state index in [1.165, 1.54) is 10.8 Å². The lowest BCUT2D eigenvalue weighted by molar-refractivity contribution is 1.07. The van der Waals surface area contributed by atoms with Gasteiger partial charge in [0.1, 0.15) is 0 Å². The lowest BCUT2D eigenvalue weighted by atomic mass is 9.95. The van der Waals surface area contributed by atoms with E-state index in [9.17, 15) is 0 Å². The average Bonchev–Trinajstić information content (AvgIpc) is 3.71. The molecular weight excluding hydrogens is 767 g/mol. The molecule has 0 fully saturated rings. The fourth-order valence-corrected chi connectivity index (χ4v) is 9.06. The van der Waals surface area contributed by atoms with Crippen molar-refractivity contribution in [1.82, 2.24) is 24.5 Å². The summed E-state index contributed by atoms with van der Waals surface area (Å²) in [6.07, 6.45) is 0. The van der Waals surface area contributed by atoms with E-state index in [1.54, 1.807) is 0 Å². The molecule has 0 atom stereocenters. The van der Waals surface area contributed by atoms with Crippen molar-refractivity contribution in [1.29, 1.82) is 0 Å². The van der Waals surface area contributed by atoms with E-state index >= 15 is 0 Å². The molecule has 0 aliphatic carbocycles. The number of hydrogen-bond acceptors (Lipinski definition) is 4. The SMILES string of the molecule is c1ccc(-c2cc(-c3ccccc3)cc(-c3nc(-c4ccccc4)nc(-c4ccc5c(c4)nc(-c4ccccc4)c4c5ccc5c4c4ccccc4n5-c4ccccc4)n3)c2)cc1. The molecule has 294 valence electrons. The minimum Gasteiger partial charge on any atom is -0.309 e. The highest BCUT2D eigenvalue weighted by molar-refractivity contribution is 6.28. The van der Waals surface area contributed by atoms with Crippen LogP contribution in [-0.2, 0) is 0 Å². The van der Waals surface area contributed by atoms with E-state index < -0.39 is 0 Å². The minimum atomic E-state index is 0.580. The van der Waals surface area contributed by atoms with Crippen molar-refractivity contribution in [2.75, 3.05) is 0 Å². The largest absolute Gasteiger partial charge is 0.309 e. The van der Waals surface area contributed by atoms with Crippen molar-refractivity contribution in [3.05, 3.63) is 224 Å². The van der Waals surface area contributed by atoms with Gasteiger partial charge in [-0.15, -0.1) is 0 Å². The monoisotopic (exact) mass is 803 g/mol. The second-order valence-electron chi connectivity index (χ2n) is 15.8. The normalized spacial score (nSPS) is 11.5. The molecule has 0 aliphatic rings. The Balaban J connectivity index is 1.09. The van der Waals surface area contributed by atoms with Gasteiger partial charge in [0.25, 0.3) is 0 Å². The molecule has 0 unspecified atom stereocenters. The molecule has 63 heavy (non-hydrogen) atoms. The van der Waals surface area contributed by atoms with Gasteiger partial charge in [0.2, 0.25) is 0 Å². The maximum atomic E-state index is 5.57. The summed E-state index contributed by atoms with van der Waals surface area (Å²) >= 11 is 0. The van der Waals surface area contributed by atoms with Crippen LogP contribution in [0.3, 0.4) is 0 Å². The zero-order valence-corrected chi connectivity index (χ0v) is 34.1. The second-order valence-corrected chi connectivity index (χ2v) is 15.8. The van der Waals surface area contributed by atoms with Crippen molar-refractivity contribution in [2.24, 2.45) is 0 Å². The smallest absolute Gasteiger partial charge is 0.164 e. The number of benzene rings is 9. The average molecular weight is 804 g/mol. The van der Waals surface area contributed by atoms with Gasteiger partial charge >= 0.3 is 0 Å². The summed E-state index contributed by atoms with van der Waals surface area (Å²) in [7, 11) is 0. The first-order valence-corrected chi connectivity index (χ1v) is 21.2. The van der Waals surface area contributed by atoms with Gasteiger partial charge in [-0.05, 0) is 76.2 Å². The summed E-state index contributed by atoms with van der Waals surface area (Å²) in [4.78, 5) is 21.2. The molecule has 0 saturated heterocycles. The Morgan fingerprint density at radius 1 is 0.270 bits per heavy atom. The maximum Gasteiger partial charge on any atom is 0.164 e. The summed E-state index contributed by atoms with van der Waals surface area (Å²) in [5.41, 5.74) is 13.4. The molecule has 0 spiro atoms. The van der Waals surface area contributed by atoms with Crippen molar-refractivity contribution >= 4 is 43.5 Å². The summed E-state index contributed by atoms with van der Waals surface area (Å²) in [6.45, 7) is 0. The Morgan fingerprint density at radius 2 is 0.762 bits per heavy atom. The zero-order chi connectivity index (χ0) is 41.7. The van der Waals surface area contributed by atoms with Crippen LogP contribution in [0, 0.1) is 0 Å². The number of fused-ring (bicyclic) bond motifs is 7. The van der Waals surface area contributed by atoms with Gasteiger partial charge in [-0.25, -0.2) is 19.9 Å². The molecule has 12 aromatic rings. The number of nitrogens with zero attached hydrogens (tertiary/aromatic N) is 5. The highest BCUT2D eigenvalue weighted by atomic mass is 15.0. The van der Waals surface area contributed by atoms with Crippen LogP contribution in [0.1, 0.15) is 0 Å². The fraction of sp³-hybridized carbons (Fsp3) is 0. The van der Waals surface area contributed by atoms with Crippen LogP contribution in [0.15, 0.2) is 224 Å². The zero-order valence-electron chi connectivity index (χ0n) is 34.1. The van der Waals surface area contributed by atoms with Crippen molar-refractivity contribution in [3.63, 3.8) is 0 Å². The molecular formula is C58H37N5.